The Balaban J connectivity index is 3.76. The van der Waals surface area contributed by atoms with Crippen molar-refractivity contribution in [2.75, 3.05) is 29.9 Å². The summed E-state index contributed by atoms with van der Waals surface area (Å²) in [6.07, 6.45) is 0. The molecule has 0 saturated heterocycles. The number of nitrogens with zero attached hydrogens (tertiary/aromatic N) is 3. The molecule has 1 rings (SSSR count). The highest BCUT2D eigenvalue weighted by Crippen LogP contribution is 2.38. The molecule has 0 aliphatic carbocycles. The first kappa shape index (κ1) is 19.7. The lowest BCUT2D eigenvalue weighted by molar-refractivity contribution is -0.383. The molecule has 0 amide bonds. The summed E-state index contributed by atoms with van der Waals surface area (Å²) in [5, 5.41) is 14.8. The van der Waals surface area contributed by atoms with E-state index in [0.29, 0.717) is 18.8 Å². The molecule has 1 aromatic heterocycles. The molecule has 0 atom stereocenters. The molecule has 0 aromatic carbocycles. The lowest BCUT2D eigenvalue weighted by Crippen LogP contribution is -2.27. The van der Waals surface area contributed by atoms with Crippen molar-refractivity contribution in [2.24, 2.45) is 0 Å². The zero-order valence-corrected chi connectivity index (χ0v) is 15.2. The van der Waals surface area contributed by atoms with Gasteiger partial charge in [0.25, 0.3) is 0 Å². The Morgan fingerprint density at radius 2 is 1.92 bits per heavy atom. The summed E-state index contributed by atoms with van der Waals surface area (Å²) in [5.74, 6) is -0.349. The molecule has 134 valence electrons. The molecule has 1 heterocycles. The second-order valence-electron chi connectivity index (χ2n) is 5.57. The van der Waals surface area contributed by atoms with Crippen molar-refractivity contribution in [3.63, 3.8) is 0 Å². The summed E-state index contributed by atoms with van der Waals surface area (Å²) in [5.41, 5.74) is 0.501. The van der Waals surface area contributed by atoms with Crippen LogP contribution in [0.2, 0.25) is 0 Å². The maximum atomic E-state index is 12.3. The van der Waals surface area contributed by atoms with Gasteiger partial charge in [0.1, 0.15) is 11.3 Å². The molecule has 0 spiro atoms. The number of nitrogens with one attached hydrogen (secondary N) is 1. The number of carbonyl (C=O) groups is 1. The van der Waals surface area contributed by atoms with Crippen molar-refractivity contribution in [2.45, 2.75) is 47.6 Å². The highest BCUT2D eigenvalue weighted by Gasteiger charge is 2.32. The Labute approximate surface area is 142 Å². The third-order valence-corrected chi connectivity index (χ3v) is 3.49. The van der Waals surface area contributed by atoms with Crippen molar-refractivity contribution < 1.29 is 14.5 Å². The number of ether oxygens (including phenoxy) is 1. The number of hydrogen-bond donors (Lipinski definition) is 1. The Hall–Kier alpha value is -2.38. The lowest BCUT2D eigenvalue weighted by atomic mass is 10.1. The Morgan fingerprint density at radius 3 is 2.33 bits per heavy atom. The number of nitro groups is 1. The number of aryl methyl sites for hydroxylation is 1. The minimum atomic E-state index is -0.611. The van der Waals surface area contributed by atoms with Gasteiger partial charge in [0, 0.05) is 19.1 Å². The zero-order chi connectivity index (χ0) is 18.4. The Morgan fingerprint density at radius 1 is 1.33 bits per heavy atom. The van der Waals surface area contributed by atoms with Gasteiger partial charge in [-0.2, -0.15) is 0 Å². The van der Waals surface area contributed by atoms with Crippen molar-refractivity contribution in [1.82, 2.24) is 4.98 Å². The molecule has 1 N–H and O–H groups in total. The fraction of sp³-hybridized carbons (Fsp3) is 0.625. The molecule has 0 aliphatic rings. The molecule has 24 heavy (non-hydrogen) atoms. The van der Waals surface area contributed by atoms with Gasteiger partial charge >= 0.3 is 11.7 Å². The molecule has 0 aliphatic heterocycles. The number of esters is 1. The summed E-state index contributed by atoms with van der Waals surface area (Å²) in [7, 11) is 0. The predicted molar refractivity (Wildman–Crippen MR) is 93.9 cm³/mol. The Kier molecular flexibility index (Phi) is 6.94. The normalized spacial score (nSPS) is 10.6. The van der Waals surface area contributed by atoms with E-state index in [-0.39, 0.29) is 35.4 Å². The fourth-order valence-electron chi connectivity index (χ4n) is 2.48. The molecule has 8 nitrogen and oxygen atoms in total. The third-order valence-electron chi connectivity index (χ3n) is 3.49. The van der Waals surface area contributed by atoms with E-state index in [1.54, 1.807) is 18.7 Å². The maximum absolute atomic E-state index is 12.3. The van der Waals surface area contributed by atoms with Crippen LogP contribution < -0.4 is 10.2 Å². The second kappa shape index (κ2) is 8.47. The van der Waals surface area contributed by atoms with Gasteiger partial charge in [0.05, 0.1) is 17.2 Å². The average molecular weight is 338 g/mol. The van der Waals surface area contributed by atoms with E-state index >= 15 is 0 Å². The topological polar surface area (TPSA) is 97.6 Å². The van der Waals surface area contributed by atoms with Crippen molar-refractivity contribution in [1.29, 1.82) is 0 Å². The standard InChI is InChI=1S/C16H26N4O4/c1-7-19(8-2)15-14(20(22)23)13(17-10(4)5)12(11(6)18-15)16(21)24-9-3/h10H,7-9H2,1-6H3,(H,17,18). The van der Waals surface area contributed by atoms with E-state index in [4.69, 9.17) is 4.74 Å². The SMILES string of the molecule is CCOC(=O)c1c(C)nc(N(CC)CC)c([N+](=O)[O-])c1NC(C)C. The van der Waals surface area contributed by atoms with Crippen LogP contribution in [-0.2, 0) is 4.74 Å². The molecular formula is C16H26N4O4. The number of hydrogen-bond acceptors (Lipinski definition) is 7. The Bertz CT molecular complexity index is 613. The molecule has 0 fully saturated rings. The van der Waals surface area contributed by atoms with Crippen LogP contribution >= 0.6 is 0 Å². The average Bonchev–Trinajstić information content (AvgIpc) is 2.47. The van der Waals surface area contributed by atoms with Gasteiger partial charge in [-0.25, -0.2) is 9.78 Å². The summed E-state index contributed by atoms with van der Waals surface area (Å²) in [6.45, 7) is 12.2. The van der Waals surface area contributed by atoms with Gasteiger partial charge < -0.3 is 15.0 Å². The van der Waals surface area contributed by atoms with Crippen LogP contribution in [0.25, 0.3) is 0 Å². The number of pyridine rings is 1. The molecule has 1 aromatic rings. The molecule has 0 unspecified atom stereocenters. The lowest BCUT2D eigenvalue weighted by Gasteiger charge is -2.23. The first-order chi connectivity index (χ1) is 11.3. The maximum Gasteiger partial charge on any atom is 0.342 e. The minimum absolute atomic E-state index is 0.0942. The van der Waals surface area contributed by atoms with E-state index in [1.165, 1.54) is 0 Å². The first-order valence-corrected chi connectivity index (χ1v) is 8.15. The van der Waals surface area contributed by atoms with Gasteiger partial charge in [0.2, 0.25) is 5.82 Å². The van der Waals surface area contributed by atoms with Crippen LogP contribution in [-0.4, -0.2) is 41.6 Å². The van der Waals surface area contributed by atoms with Gasteiger partial charge in [0.15, 0.2) is 0 Å². The smallest absolute Gasteiger partial charge is 0.342 e. The molecular weight excluding hydrogens is 312 g/mol. The third kappa shape index (κ3) is 4.12. The van der Waals surface area contributed by atoms with Gasteiger partial charge in [-0.3, -0.25) is 10.1 Å². The van der Waals surface area contributed by atoms with Crippen molar-refractivity contribution in [3.05, 3.63) is 21.4 Å². The van der Waals surface area contributed by atoms with E-state index in [2.05, 4.69) is 10.3 Å². The number of rotatable bonds is 8. The summed E-state index contributed by atoms with van der Waals surface area (Å²) in [4.78, 5) is 29.7. The first-order valence-electron chi connectivity index (χ1n) is 8.15. The summed E-state index contributed by atoms with van der Waals surface area (Å²) < 4.78 is 5.06. The summed E-state index contributed by atoms with van der Waals surface area (Å²) >= 11 is 0. The quantitative estimate of drug-likeness (QED) is 0.442. The highest BCUT2D eigenvalue weighted by molar-refractivity contribution is 6.01. The molecule has 8 heteroatoms. The second-order valence-corrected chi connectivity index (χ2v) is 5.57. The molecule has 0 radical (unpaired) electrons. The van der Waals surface area contributed by atoms with Crippen LogP contribution in [0.15, 0.2) is 0 Å². The summed E-state index contributed by atoms with van der Waals surface area (Å²) in [6, 6.07) is -0.0942. The van der Waals surface area contributed by atoms with E-state index in [0.717, 1.165) is 0 Å². The van der Waals surface area contributed by atoms with Gasteiger partial charge in [-0.05, 0) is 41.5 Å². The predicted octanol–water partition coefficient (Wildman–Crippen LogP) is 3.14. The van der Waals surface area contributed by atoms with Crippen LogP contribution in [0.3, 0.4) is 0 Å². The fourth-order valence-corrected chi connectivity index (χ4v) is 2.48. The van der Waals surface area contributed by atoms with Crippen LogP contribution in [0.1, 0.15) is 50.7 Å². The zero-order valence-electron chi connectivity index (χ0n) is 15.2. The molecule has 0 bridgehead atoms. The van der Waals surface area contributed by atoms with Crippen molar-refractivity contribution >= 4 is 23.2 Å². The van der Waals surface area contributed by atoms with Crippen LogP contribution in [0.5, 0.6) is 0 Å². The largest absolute Gasteiger partial charge is 0.462 e. The van der Waals surface area contributed by atoms with Crippen molar-refractivity contribution in [3.8, 4) is 0 Å². The monoisotopic (exact) mass is 338 g/mol. The van der Waals surface area contributed by atoms with Crippen LogP contribution in [0, 0.1) is 17.0 Å². The number of anilines is 2. The highest BCUT2D eigenvalue weighted by atomic mass is 16.6. The number of carbonyl (C=O) groups excluding carboxylic acids is 1. The van der Waals surface area contributed by atoms with E-state index < -0.39 is 10.9 Å². The van der Waals surface area contributed by atoms with Gasteiger partial charge in [-0.15, -0.1) is 0 Å². The van der Waals surface area contributed by atoms with Crippen LogP contribution in [0.4, 0.5) is 17.2 Å². The minimum Gasteiger partial charge on any atom is -0.462 e. The van der Waals surface area contributed by atoms with E-state index in [9.17, 15) is 14.9 Å². The van der Waals surface area contributed by atoms with E-state index in [1.807, 2.05) is 27.7 Å². The van der Waals surface area contributed by atoms with Gasteiger partial charge in [-0.1, -0.05) is 0 Å². The number of aromatic nitrogens is 1. The molecule has 0 saturated carbocycles.